The lowest BCUT2D eigenvalue weighted by Crippen LogP contribution is -2.33. The summed E-state index contributed by atoms with van der Waals surface area (Å²) in [6.45, 7) is 1.77. The lowest BCUT2D eigenvalue weighted by molar-refractivity contribution is -0.154. The van der Waals surface area contributed by atoms with Crippen LogP contribution >= 0.6 is 0 Å². The number of aliphatic hydroxyl groups excluding tert-OH is 3. The maximum Gasteiger partial charge on any atom is 0.377 e. The van der Waals surface area contributed by atoms with Crippen LogP contribution in [0.25, 0.3) is 0 Å². The maximum absolute atomic E-state index is 11.6. The second kappa shape index (κ2) is 10.9. The van der Waals surface area contributed by atoms with Gasteiger partial charge in [-0.05, 0) is 6.42 Å². The fourth-order valence-electron chi connectivity index (χ4n) is 2.47. The molecule has 0 bridgehead atoms. The quantitative estimate of drug-likeness (QED) is 0.368. The molecule has 0 saturated carbocycles. The van der Waals surface area contributed by atoms with E-state index in [-0.39, 0.29) is 6.42 Å². The fraction of sp³-hybridized carbons (Fsp3) is 0.765. The first-order valence-corrected chi connectivity index (χ1v) is 8.64. The van der Waals surface area contributed by atoms with Crippen LogP contribution in [0.1, 0.15) is 64.7 Å². The van der Waals surface area contributed by atoms with Crippen molar-refractivity contribution < 1.29 is 34.4 Å². The van der Waals surface area contributed by atoms with E-state index in [0.717, 1.165) is 19.3 Å². The molecule has 0 saturated heterocycles. The molecule has 0 unspecified atom stereocenters. The summed E-state index contributed by atoms with van der Waals surface area (Å²) in [6.07, 6.45) is 6.40. The van der Waals surface area contributed by atoms with Gasteiger partial charge in [0, 0.05) is 6.42 Å². The van der Waals surface area contributed by atoms with E-state index < -0.39 is 42.3 Å². The third kappa shape index (κ3) is 6.78. The molecule has 1 aliphatic rings. The first-order valence-electron chi connectivity index (χ1n) is 8.64. The largest absolute Gasteiger partial charge is 0.505 e. The van der Waals surface area contributed by atoms with Gasteiger partial charge in [-0.15, -0.1) is 0 Å². The van der Waals surface area contributed by atoms with Gasteiger partial charge in [0.15, 0.2) is 11.9 Å². The molecule has 0 aliphatic carbocycles. The van der Waals surface area contributed by atoms with Crippen LogP contribution in [-0.2, 0) is 19.1 Å². The van der Waals surface area contributed by atoms with Crippen molar-refractivity contribution in [1.29, 1.82) is 0 Å². The van der Waals surface area contributed by atoms with Gasteiger partial charge in [-0.1, -0.05) is 51.9 Å². The average molecular weight is 344 g/mol. The second-order valence-corrected chi connectivity index (χ2v) is 6.03. The van der Waals surface area contributed by atoms with Crippen molar-refractivity contribution >= 4 is 11.9 Å². The minimum atomic E-state index is -1.42. The van der Waals surface area contributed by atoms with E-state index in [0.29, 0.717) is 0 Å². The number of ether oxygens (including phenoxy) is 2. The zero-order valence-electron chi connectivity index (χ0n) is 14.2. The molecular formula is C17H28O7. The molecule has 1 aliphatic heterocycles. The first kappa shape index (κ1) is 20.3. The van der Waals surface area contributed by atoms with E-state index in [9.17, 15) is 19.8 Å². The number of esters is 2. The van der Waals surface area contributed by atoms with Crippen molar-refractivity contribution in [3.8, 4) is 0 Å². The van der Waals surface area contributed by atoms with Crippen molar-refractivity contribution in [2.75, 3.05) is 6.61 Å². The summed E-state index contributed by atoms with van der Waals surface area (Å²) >= 11 is 0. The van der Waals surface area contributed by atoms with Crippen LogP contribution in [0.2, 0.25) is 0 Å². The van der Waals surface area contributed by atoms with Crippen LogP contribution in [0.5, 0.6) is 0 Å². The smallest absolute Gasteiger partial charge is 0.377 e. The summed E-state index contributed by atoms with van der Waals surface area (Å²) in [6, 6.07) is 0. The van der Waals surface area contributed by atoms with Gasteiger partial charge in [-0.2, -0.15) is 0 Å². The Bertz CT molecular complexity index is 444. The van der Waals surface area contributed by atoms with Crippen molar-refractivity contribution in [2.45, 2.75) is 76.9 Å². The first-order chi connectivity index (χ1) is 11.5. The van der Waals surface area contributed by atoms with Gasteiger partial charge in [0.1, 0.15) is 12.7 Å². The Morgan fingerprint density at radius 1 is 1.12 bits per heavy atom. The highest BCUT2D eigenvalue weighted by atomic mass is 16.6. The zero-order valence-corrected chi connectivity index (χ0v) is 14.2. The van der Waals surface area contributed by atoms with E-state index in [1.165, 1.54) is 32.1 Å². The Hall–Kier alpha value is -1.76. The van der Waals surface area contributed by atoms with Gasteiger partial charge in [-0.25, -0.2) is 4.79 Å². The molecule has 0 radical (unpaired) electrons. The highest BCUT2D eigenvalue weighted by molar-refractivity contribution is 5.89. The maximum atomic E-state index is 11.6. The molecule has 1 rings (SSSR count). The van der Waals surface area contributed by atoms with Gasteiger partial charge < -0.3 is 24.8 Å². The number of carbonyl (C=O) groups excluding carboxylic acids is 2. The molecule has 7 heteroatoms. The molecule has 2 atom stereocenters. The summed E-state index contributed by atoms with van der Waals surface area (Å²) in [7, 11) is 0. The standard InChI is InChI=1S/C17H28O7/c1-2-3-4-5-6-7-8-9-10-13(19)23-11-12(18)16-14(20)15(21)17(22)24-16/h12,16,18,20-21H,2-11H2,1H3/t12-,16+/m0/s1. The molecule has 0 amide bonds. The van der Waals surface area contributed by atoms with Gasteiger partial charge >= 0.3 is 11.9 Å². The van der Waals surface area contributed by atoms with E-state index in [4.69, 9.17) is 9.84 Å². The van der Waals surface area contributed by atoms with E-state index in [2.05, 4.69) is 11.7 Å². The predicted molar refractivity (Wildman–Crippen MR) is 86.4 cm³/mol. The predicted octanol–water partition coefficient (Wildman–Crippen LogP) is 2.67. The highest BCUT2D eigenvalue weighted by Gasteiger charge is 2.39. The van der Waals surface area contributed by atoms with E-state index in [1.807, 2.05) is 0 Å². The number of unbranched alkanes of at least 4 members (excludes halogenated alkanes) is 7. The zero-order chi connectivity index (χ0) is 17.9. The summed E-state index contributed by atoms with van der Waals surface area (Å²) < 4.78 is 9.48. The molecule has 7 nitrogen and oxygen atoms in total. The average Bonchev–Trinajstić information content (AvgIpc) is 2.82. The van der Waals surface area contributed by atoms with Gasteiger partial charge in [0.2, 0.25) is 5.76 Å². The summed E-state index contributed by atoms with van der Waals surface area (Å²) in [5.41, 5.74) is 0. The number of aliphatic hydroxyl groups is 3. The summed E-state index contributed by atoms with van der Waals surface area (Å²) in [4.78, 5) is 22.6. The Balaban J connectivity index is 2.09. The molecule has 0 aromatic carbocycles. The van der Waals surface area contributed by atoms with Crippen molar-refractivity contribution in [3.05, 3.63) is 11.5 Å². The molecule has 138 valence electrons. The third-order valence-electron chi connectivity index (χ3n) is 3.94. The van der Waals surface area contributed by atoms with E-state index in [1.54, 1.807) is 0 Å². The SMILES string of the molecule is CCCCCCCCCCC(=O)OC[C@H](O)[C@H]1OC(=O)C(O)=C1O. The van der Waals surface area contributed by atoms with Crippen LogP contribution in [0.3, 0.4) is 0 Å². The molecule has 1 heterocycles. The van der Waals surface area contributed by atoms with Crippen LogP contribution in [-0.4, -0.2) is 46.1 Å². The number of carbonyl (C=O) groups is 2. The van der Waals surface area contributed by atoms with Crippen LogP contribution in [0, 0.1) is 0 Å². The minimum Gasteiger partial charge on any atom is -0.505 e. The van der Waals surface area contributed by atoms with Crippen LogP contribution < -0.4 is 0 Å². The topological polar surface area (TPSA) is 113 Å². The van der Waals surface area contributed by atoms with Crippen LogP contribution in [0.4, 0.5) is 0 Å². The third-order valence-corrected chi connectivity index (χ3v) is 3.94. The second-order valence-electron chi connectivity index (χ2n) is 6.03. The molecule has 0 aromatic heterocycles. The number of cyclic esters (lactones) is 1. The lowest BCUT2D eigenvalue weighted by Gasteiger charge is -2.17. The normalized spacial score (nSPS) is 18.6. The van der Waals surface area contributed by atoms with Gasteiger partial charge in [0.05, 0.1) is 0 Å². The number of hydrogen-bond acceptors (Lipinski definition) is 7. The Morgan fingerprint density at radius 2 is 1.71 bits per heavy atom. The molecule has 0 aromatic rings. The highest BCUT2D eigenvalue weighted by Crippen LogP contribution is 2.21. The van der Waals surface area contributed by atoms with Crippen molar-refractivity contribution in [3.63, 3.8) is 0 Å². The Labute approximate surface area is 142 Å². The molecule has 0 spiro atoms. The minimum absolute atomic E-state index is 0.263. The van der Waals surface area contributed by atoms with Gasteiger partial charge in [0.25, 0.3) is 0 Å². The van der Waals surface area contributed by atoms with Gasteiger partial charge in [-0.3, -0.25) is 4.79 Å². The Kier molecular flexibility index (Phi) is 9.22. The van der Waals surface area contributed by atoms with Crippen LogP contribution in [0.15, 0.2) is 11.5 Å². The monoisotopic (exact) mass is 344 g/mol. The molecule has 24 heavy (non-hydrogen) atoms. The molecule has 3 N–H and O–H groups in total. The van der Waals surface area contributed by atoms with Crippen molar-refractivity contribution in [1.82, 2.24) is 0 Å². The van der Waals surface area contributed by atoms with Crippen molar-refractivity contribution in [2.24, 2.45) is 0 Å². The summed E-state index contributed by atoms with van der Waals surface area (Å²) in [5, 5.41) is 28.3. The van der Waals surface area contributed by atoms with E-state index >= 15 is 0 Å². The Morgan fingerprint density at radius 3 is 2.25 bits per heavy atom. The number of hydrogen-bond donors (Lipinski definition) is 3. The molecular weight excluding hydrogens is 316 g/mol. The fourth-order valence-corrected chi connectivity index (χ4v) is 2.47. The lowest BCUT2D eigenvalue weighted by atomic mass is 10.1. The number of rotatable bonds is 12. The molecule has 0 fully saturated rings. The summed E-state index contributed by atoms with van der Waals surface area (Å²) in [5.74, 6) is -3.23.